The van der Waals surface area contributed by atoms with Crippen molar-refractivity contribution in [2.75, 3.05) is 18.1 Å². The Morgan fingerprint density at radius 3 is 2.62 bits per heavy atom. The van der Waals surface area contributed by atoms with Crippen LogP contribution < -0.4 is 5.73 Å². The normalized spacial score (nSPS) is 11.8. The molecule has 5 heteroatoms. The van der Waals surface area contributed by atoms with E-state index in [9.17, 15) is 0 Å². The summed E-state index contributed by atoms with van der Waals surface area (Å²) in [5.41, 5.74) is 6.44. The first kappa shape index (κ1) is 13.3. The summed E-state index contributed by atoms with van der Waals surface area (Å²) < 4.78 is 5.60. The molecule has 0 saturated heterocycles. The lowest BCUT2D eigenvalue weighted by molar-refractivity contribution is 0.00693. The third-order valence-electron chi connectivity index (χ3n) is 1.70. The predicted molar refractivity (Wildman–Crippen MR) is 67.6 cm³/mol. The van der Waals surface area contributed by atoms with Crippen molar-refractivity contribution >= 4 is 17.6 Å². The zero-order valence-electron chi connectivity index (χ0n) is 10.3. The molecular weight excluding hydrogens is 222 g/mol. The van der Waals surface area contributed by atoms with Crippen LogP contribution in [0.5, 0.6) is 0 Å². The van der Waals surface area contributed by atoms with Crippen LogP contribution in [0.3, 0.4) is 0 Å². The van der Waals surface area contributed by atoms with Crippen molar-refractivity contribution < 1.29 is 4.74 Å². The third kappa shape index (κ3) is 5.32. The third-order valence-corrected chi connectivity index (χ3v) is 2.51. The minimum Gasteiger partial charge on any atom is -0.384 e. The molecule has 0 spiro atoms. The minimum absolute atomic E-state index is 0.0902. The average molecular weight is 241 g/mol. The Kier molecular flexibility index (Phi) is 4.56. The van der Waals surface area contributed by atoms with Gasteiger partial charge >= 0.3 is 0 Å². The molecule has 16 heavy (non-hydrogen) atoms. The number of nitrogens with zero attached hydrogens (tertiary/aromatic N) is 2. The molecular formula is C11H19N3OS. The zero-order chi connectivity index (χ0) is 12.2. The number of aromatic nitrogens is 2. The van der Waals surface area contributed by atoms with Crippen LogP contribution in [0.15, 0.2) is 11.2 Å². The van der Waals surface area contributed by atoms with Gasteiger partial charge in [-0.25, -0.2) is 9.97 Å². The van der Waals surface area contributed by atoms with E-state index >= 15 is 0 Å². The molecule has 90 valence electrons. The van der Waals surface area contributed by atoms with E-state index in [4.69, 9.17) is 10.5 Å². The van der Waals surface area contributed by atoms with Gasteiger partial charge in [0.25, 0.3) is 0 Å². The average Bonchev–Trinajstić information content (AvgIpc) is 2.09. The highest BCUT2D eigenvalue weighted by molar-refractivity contribution is 7.99. The Morgan fingerprint density at radius 2 is 2.06 bits per heavy atom. The molecule has 1 aromatic heterocycles. The van der Waals surface area contributed by atoms with Crippen molar-refractivity contribution in [3.63, 3.8) is 0 Å². The van der Waals surface area contributed by atoms with Crippen molar-refractivity contribution in [2.24, 2.45) is 0 Å². The molecule has 0 aliphatic rings. The Balaban J connectivity index is 2.37. The maximum atomic E-state index is 5.64. The van der Waals surface area contributed by atoms with Crippen LogP contribution in [-0.2, 0) is 4.74 Å². The van der Waals surface area contributed by atoms with E-state index in [-0.39, 0.29) is 5.60 Å². The van der Waals surface area contributed by atoms with Crippen molar-refractivity contribution in [2.45, 2.75) is 38.5 Å². The number of ether oxygens (including phenoxy) is 1. The highest BCUT2D eigenvalue weighted by Crippen LogP contribution is 2.16. The molecule has 0 aromatic carbocycles. The van der Waals surface area contributed by atoms with Crippen molar-refractivity contribution in [1.82, 2.24) is 9.97 Å². The lowest BCUT2D eigenvalue weighted by atomic mass is 10.2. The number of rotatable bonds is 4. The Bertz CT molecular complexity index is 329. The van der Waals surface area contributed by atoms with Gasteiger partial charge in [0.2, 0.25) is 0 Å². The highest BCUT2D eigenvalue weighted by Gasteiger charge is 2.09. The number of thioether (sulfide) groups is 1. The number of anilines is 1. The largest absolute Gasteiger partial charge is 0.384 e. The maximum Gasteiger partial charge on any atom is 0.189 e. The molecule has 2 N–H and O–H groups in total. The SMILES string of the molecule is Cc1cc(N)nc(SCCOC(C)(C)C)n1. The van der Waals surface area contributed by atoms with Gasteiger partial charge in [0.1, 0.15) is 5.82 Å². The maximum absolute atomic E-state index is 5.64. The van der Waals surface area contributed by atoms with E-state index in [0.717, 1.165) is 16.6 Å². The molecule has 0 radical (unpaired) electrons. The van der Waals surface area contributed by atoms with Gasteiger partial charge in [-0.2, -0.15) is 0 Å². The molecule has 0 bridgehead atoms. The summed E-state index contributed by atoms with van der Waals surface area (Å²) in [5.74, 6) is 1.35. The fraction of sp³-hybridized carbons (Fsp3) is 0.636. The lowest BCUT2D eigenvalue weighted by Gasteiger charge is -2.18. The Labute approximate surface area is 101 Å². The molecule has 0 aliphatic carbocycles. The van der Waals surface area contributed by atoms with E-state index in [1.54, 1.807) is 17.8 Å². The smallest absolute Gasteiger partial charge is 0.189 e. The van der Waals surface area contributed by atoms with Gasteiger partial charge in [-0.15, -0.1) is 0 Å². The van der Waals surface area contributed by atoms with Crippen molar-refractivity contribution in [3.05, 3.63) is 11.8 Å². The molecule has 1 aromatic rings. The summed E-state index contributed by atoms with van der Waals surface area (Å²) >= 11 is 1.56. The molecule has 1 heterocycles. The van der Waals surface area contributed by atoms with Crippen molar-refractivity contribution in [1.29, 1.82) is 0 Å². The summed E-state index contributed by atoms with van der Waals surface area (Å²) in [6.07, 6.45) is 0. The first-order valence-electron chi connectivity index (χ1n) is 5.25. The lowest BCUT2D eigenvalue weighted by Crippen LogP contribution is -2.20. The van der Waals surface area contributed by atoms with E-state index in [2.05, 4.69) is 9.97 Å². The van der Waals surface area contributed by atoms with Gasteiger partial charge in [0.15, 0.2) is 5.16 Å². The van der Waals surface area contributed by atoms with Gasteiger partial charge in [-0.1, -0.05) is 11.8 Å². The fourth-order valence-corrected chi connectivity index (χ4v) is 1.84. The second-order valence-electron chi connectivity index (χ2n) is 4.53. The standard InChI is InChI=1S/C11H19N3OS/c1-8-7-9(12)14-10(13-8)16-6-5-15-11(2,3)4/h7H,5-6H2,1-4H3,(H2,12,13,14). The van der Waals surface area contributed by atoms with Crippen LogP contribution in [0.25, 0.3) is 0 Å². The second kappa shape index (κ2) is 5.50. The first-order valence-corrected chi connectivity index (χ1v) is 6.23. The number of nitrogens with two attached hydrogens (primary N) is 1. The summed E-state index contributed by atoms with van der Waals surface area (Å²) in [6.45, 7) is 8.72. The summed E-state index contributed by atoms with van der Waals surface area (Å²) in [6, 6.07) is 1.76. The number of aryl methyl sites for hydroxylation is 1. The molecule has 1 rings (SSSR count). The Hall–Kier alpha value is -0.810. The topological polar surface area (TPSA) is 61.0 Å². The number of nitrogen functional groups attached to an aromatic ring is 1. The predicted octanol–water partition coefficient (Wildman–Crippen LogP) is 2.27. The van der Waals surface area contributed by atoms with E-state index in [1.165, 1.54) is 0 Å². The first-order chi connectivity index (χ1) is 7.37. The van der Waals surface area contributed by atoms with Crippen LogP contribution in [0, 0.1) is 6.92 Å². The molecule has 0 amide bonds. The van der Waals surface area contributed by atoms with E-state index in [1.807, 2.05) is 27.7 Å². The summed E-state index contributed by atoms with van der Waals surface area (Å²) in [4.78, 5) is 8.43. The molecule has 0 unspecified atom stereocenters. The zero-order valence-corrected chi connectivity index (χ0v) is 11.1. The van der Waals surface area contributed by atoms with E-state index in [0.29, 0.717) is 12.4 Å². The molecule has 0 aliphatic heterocycles. The second-order valence-corrected chi connectivity index (χ2v) is 5.59. The molecule has 0 saturated carbocycles. The van der Waals surface area contributed by atoms with Crippen LogP contribution in [0.4, 0.5) is 5.82 Å². The Morgan fingerprint density at radius 1 is 1.38 bits per heavy atom. The monoisotopic (exact) mass is 241 g/mol. The van der Waals surface area contributed by atoms with E-state index < -0.39 is 0 Å². The molecule has 4 nitrogen and oxygen atoms in total. The van der Waals surface area contributed by atoms with Gasteiger partial charge in [0.05, 0.1) is 12.2 Å². The van der Waals surface area contributed by atoms with Gasteiger partial charge in [0, 0.05) is 17.5 Å². The minimum atomic E-state index is -0.0902. The van der Waals surface area contributed by atoms with Gasteiger partial charge in [-0.05, 0) is 27.7 Å². The summed E-state index contributed by atoms with van der Waals surface area (Å²) in [7, 11) is 0. The quantitative estimate of drug-likeness (QED) is 0.498. The van der Waals surface area contributed by atoms with Crippen LogP contribution in [0.2, 0.25) is 0 Å². The van der Waals surface area contributed by atoms with Crippen molar-refractivity contribution in [3.8, 4) is 0 Å². The highest BCUT2D eigenvalue weighted by atomic mass is 32.2. The number of hydrogen-bond acceptors (Lipinski definition) is 5. The van der Waals surface area contributed by atoms with Gasteiger partial charge in [-0.3, -0.25) is 0 Å². The fourth-order valence-electron chi connectivity index (χ4n) is 1.11. The van der Waals surface area contributed by atoms with Crippen LogP contribution in [-0.4, -0.2) is 27.9 Å². The van der Waals surface area contributed by atoms with Crippen LogP contribution >= 0.6 is 11.8 Å². The van der Waals surface area contributed by atoms with Crippen LogP contribution in [0.1, 0.15) is 26.5 Å². The molecule has 0 atom stereocenters. The van der Waals surface area contributed by atoms with Gasteiger partial charge < -0.3 is 10.5 Å². The number of hydrogen-bond donors (Lipinski definition) is 1. The summed E-state index contributed by atoms with van der Waals surface area (Å²) in [5, 5.41) is 0.718. The molecule has 0 fully saturated rings.